The van der Waals surface area contributed by atoms with Crippen LogP contribution < -0.4 is 0 Å². The average molecular weight is 308 g/mol. The van der Waals surface area contributed by atoms with Crippen molar-refractivity contribution in [2.45, 2.75) is 83.5 Å². The Hall–Kier alpha value is -0.620. The minimum absolute atomic E-state index is 0.0851. The molecule has 0 heterocycles. The van der Waals surface area contributed by atoms with Crippen molar-refractivity contribution in [3.63, 3.8) is 0 Å². The van der Waals surface area contributed by atoms with Gasteiger partial charge >= 0.3 is 16.1 Å². The third-order valence-electron chi connectivity index (χ3n) is 3.11. The second-order valence-corrected chi connectivity index (χ2v) is 6.96. The zero-order chi connectivity index (χ0) is 15.4. The molecule has 6 heteroatoms. The second kappa shape index (κ2) is 11.1. The second-order valence-electron chi connectivity index (χ2n) is 5.13. The van der Waals surface area contributed by atoms with E-state index in [1.54, 1.807) is 0 Å². The highest BCUT2D eigenvalue weighted by Gasteiger charge is 2.22. The quantitative estimate of drug-likeness (QED) is 0.442. The van der Waals surface area contributed by atoms with Crippen molar-refractivity contribution in [1.29, 1.82) is 0 Å². The number of aliphatic hydroxyl groups is 1. The number of carbonyl (C=O) groups is 1. The number of rotatable bonds is 12. The lowest BCUT2D eigenvalue weighted by Gasteiger charge is -2.07. The van der Waals surface area contributed by atoms with Gasteiger partial charge in [-0.3, -0.25) is 4.79 Å². The maximum Gasteiger partial charge on any atom is 0.338 e. The molecule has 5 nitrogen and oxygen atoms in total. The summed E-state index contributed by atoms with van der Waals surface area (Å²) in [4.78, 5) is 11.3. The molecule has 0 aliphatic rings. The molecule has 1 unspecified atom stereocenters. The highest BCUT2D eigenvalue weighted by atomic mass is 32.2. The van der Waals surface area contributed by atoms with E-state index in [2.05, 4.69) is 11.1 Å². The number of aliphatic hydroxyl groups excluding tert-OH is 1. The summed E-state index contributed by atoms with van der Waals surface area (Å²) in [5.74, 6) is -0.783. The molecular formula is C14H28O5S. The van der Waals surface area contributed by atoms with Crippen LogP contribution >= 0.6 is 0 Å². The molecule has 0 bridgehead atoms. The van der Waals surface area contributed by atoms with Crippen LogP contribution in [0.4, 0.5) is 0 Å². The lowest BCUT2D eigenvalue weighted by molar-refractivity contribution is -0.134. The van der Waals surface area contributed by atoms with Crippen LogP contribution in [0.25, 0.3) is 0 Å². The monoisotopic (exact) mass is 308 g/mol. The third-order valence-corrected chi connectivity index (χ3v) is 4.37. The van der Waals surface area contributed by atoms with E-state index in [0.29, 0.717) is 6.42 Å². The third kappa shape index (κ3) is 10.2. The van der Waals surface area contributed by atoms with Gasteiger partial charge in [-0.1, -0.05) is 58.3 Å². The van der Waals surface area contributed by atoms with E-state index in [9.17, 15) is 13.2 Å². The molecule has 0 aromatic rings. The number of carbonyl (C=O) groups excluding carboxylic acids is 1. The van der Waals surface area contributed by atoms with Crippen molar-refractivity contribution < 1.29 is 22.5 Å². The number of hydrogen-bond acceptors (Lipinski definition) is 5. The first-order chi connectivity index (χ1) is 9.40. The highest BCUT2D eigenvalue weighted by molar-refractivity contribution is 7.87. The maximum absolute atomic E-state index is 11.3. The fourth-order valence-corrected chi connectivity index (χ4v) is 2.30. The first kappa shape index (κ1) is 19.4. The average Bonchev–Trinajstić information content (AvgIpc) is 2.36. The summed E-state index contributed by atoms with van der Waals surface area (Å²) in [5, 5.41) is 8.89. The summed E-state index contributed by atoms with van der Waals surface area (Å²) in [6.07, 6.45) is 10.2. The minimum atomic E-state index is -4.15. The molecule has 0 aliphatic carbocycles. The summed E-state index contributed by atoms with van der Waals surface area (Å²) in [6.45, 7) is 3.25. The normalized spacial score (nSPS) is 13.2. The topological polar surface area (TPSA) is 80.7 Å². The van der Waals surface area contributed by atoms with Gasteiger partial charge in [-0.05, 0) is 13.3 Å². The van der Waals surface area contributed by atoms with Gasteiger partial charge in [-0.15, -0.1) is 0 Å². The molecular weight excluding hydrogens is 280 g/mol. The Morgan fingerprint density at radius 3 is 1.90 bits per heavy atom. The zero-order valence-corrected chi connectivity index (χ0v) is 13.5. The predicted molar refractivity (Wildman–Crippen MR) is 78.5 cm³/mol. The molecule has 0 rings (SSSR count). The number of unbranched alkanes of at least 4 members (excludes halogenated alkanes) is 8. The molecule has 0 aliphatic heterocycles. The summed E-state index contributed by atoms with van der Waals surface area (Å²) < 4.78 is 26.5. The molecule has 0 spiro atoms. The van der Waals surface area contributed by atoms with Crippen LogP contribution in [0.1, 0.15) is 78.1 Å². The van der Waals surface area contributed by atoms with Crippen LogP contribution in [0.15, 0.2) is 0 Å². The van der Waals surface area contributed by atoms with Crippen LogP contribution in [0.5, 0.6) is 0 Å². The highest BCUT2D eigenvalue weighted by Crippen LogP contribution is 2.11. The van der Waals surface area contributed by atoms with Crippen molar-refractivity contribution in [2.75, 3.05) is 0 Å². The molecule has 0 saturated carbocycles. The summed E-state index contributed by atoms with van der Waals surface area (Å²) >= 11 is 0. The van der Waals surface area contributed by atoms with Crippen molar-refractivity contribution in [1.82, 2.24) is 0 Å². The minimum Gasteiger partial charge on any atom is -0.374 e. The van der Waals surface area contributed by atoms with E-state index in [0.717, 1.165) is 26.2 Å². The molecule has 0 aromatic carbocycles. The van der Waals surface area contributed by atoms with Gasteiger partial charge in [0.05, 0.1) is 0 Å². The molecule has 20 heavy (non-hydrogen) atoms. The van der Waals surface area contributed by atoms with Gasteiger partial charge in [0.1, 0.15) is 0 Å². The first-order valence-corrected chi connectivity index (χ1v) is 9.01. The van der Waals surface area contributed by atoms with Crippen LogP contribution in [-0.2, 0) is 19.1 Å². The zero-order valence-electron chi connectivity index (χ0n) is 12.6. The van der Waals surface area contributed by atoms with Crippen molar-refractivity contribution in [2.24, 2.45) is 0 Å². The molecule has 120 valence electrons. The van der Waals surface area contributed by atoms with Gasteiger partial charge in [0.25, 0.3) is 0 Å². The van der Waals surface area contributed by atoms with E-state index in [1.807, 2.05) is 0 Å². The Bertz CT molecular complexity index is 349. The van der Waals surface area contributed by atoms with Gasteiger partial charge in [0, 0.05) is 6.42 Å². The van der Waals surface area contributed by atoms with E-state index in [-0.39, 0.29) is 6.42 Å². The van der Waals surface area contributed by atoms with Gasteiger partial charge in [-0.2, -0.15) is 8.42 Å². The Balaban J connectivity index is 3.49. The van der Waals surface area contributed by atoms with Gasteiger partial charge < -0.3 is 9.29 Å². The van der Waals surface area contributed by atoms with Crippen molar-refractivity contribution in [3.8, 4) is 0 Å². The van der Waals surface area contributed by atoms with E-state index in [4.69, 9.17) is 5.11 Å². The molecule has 0 amide bonds. The summed E-state index contributed by atoms with van der Waals surface area (Å²) in [7, 11) is -4.15. The lowest BCUT2D eigenvalue weighted by Crippen LogP contribution is -2.23. The largest absolute Gasteiger partial charge is 0.374 e. The van der Waals surface area contributed by atoms with Crippen LogP contribution in [0.2, 0.25) is 0 Å². The van der Waals surface area contributed by atoms with Crippen molar-refractivity contribution >= 4 is 16.1 Å². The Labute approximate surface area is 122 Å². The van der Waals surface area contributed by atoms with Gasteiger partial charge in [0.2, 0.25) is 0 Å². The summed E-state index contributed by atoms with van der Waals surface area (Å²) in [6, 6.07) is 0. The standard InChI is InChI=1S/C14H28O5S/c1-3-4-5-6-7-8-9-10-11-12-14(16)19-20(17,18)13(2)15/h13,15H,3-12H2,1-2H3. The Morgan fingerprint density at radius 1 is 1.00 bits per heavy atom. The van der Waals surface area contributed by atoms with E-state index >= 15 is 0 Å². The van der Waals surface area contributed by atoms with Gasteiger partial charge in [-0.25, -0.2) is 0 Å². The smallest absolute Gasteiger partial charge is 0.338 e. The fraction of sp³-hybridized carbons (Fsp3) is 0.929. The Kier molecular flexibility index (Phi) is 10.7. The van der Waals surface area contributed by atoms with Crippen LogP contribution in [-0.4, -0.2) is 24.9 Å². The SMILES string of the molecule is CCCCCCCCCCCC(=O)OS(=O)(=O)C(C)O. The van der Waals surface area contributed by atoms with E-state index in [1.165, 1.54) is 32.1 Å². The lowest BCUT2D eigenvalue weighted by atomic mass is 10.1. The first-order valence-electron chi connectivity index (χ1n) is 7.54. The molecule has 0 aromatic heterocycles. The molecule has 1 N–H and O–H groups in total. The predicted octanol–water partition coefficient (Wildman–Crippen LogP) is 3.12. The van der Waals surface area contributed by atoms with Crippen LogP contribution in [0.3, 0.4) is 0 Å². The van der Waals surface area contributed by atoms with Crippen LogP contribution in [0, 0.1) is 0 Å². The maximum atomic E-state index is 11.3. The molecule has 0 saturated heterocycles. The molecule has 0 fully saturated rings. The van der Waals surface area contributed by atoms with E-state index < -0.39 is 21.5 Å². The van der Waals surface area contributed by atoms with Gasteiger partial charge in [0.15, 0.2) is 5.44 Å². The van der Waals surface area contributed by atoms with Crippen molar-refractivity contribution in [3.05, 3.63) is 0 Å². The molecule has 0 radical (unpaired) electrons. The Morgan fingerprint density at radius 2 is 1.45 bits per heavy atom. The number of hydrogen-bond donors (Lipinski definition) is 1. The fourth-order valence-electron chi connectivity index (χ4n) is 1.82. The molecule has 1 atom stereocenters. The summed E-state index contributed by atoms with van der Waals surface area (Å²) in [5.41, 5.74) is -1.67.